The molecule has 30 heavy (non-hydrogen) atoms. The molecular formula is C23H21ClN4OS. The van der Waals surface area contributed by atoms with Gasteiger partial charge in [-0.2, -0.15) is 0 Å². The van der Waals surface area contributed by atoms with Gasteiger partial charge in [0.25, 0.3) is 5.56 Å². The normalized spacial score (nSPS) is 14.5. The van der Waals surface area contributed by atoms with E-state index in [4.69, 9.17) is 16.6 Å². The zero-order valence-electron chi connectivity index (χ0n) is 16.6. The van der Waals surface area contributed by atoms with Crippen molar-refractivity contribution >= 4 is 44.8 Å². The third-order valence-electron chi connectivity index (χ3n) is 5.53. The minimum atomic E-state index is -0.0735. The van der Waals surface area contributed by atoms with Gasteiger partial charge in [0, 0.05) is 47.8 Å². The molecule has 0 bridgehead atoms. The van der Waals surface area contributed by atoms with Crippen LogP contribution in [0.3, 0.4) is 0 Å². The molecule has 5 nitrogen and oxygen atoms in total. The highest BCUT2D eigenvalue weighted by Crippen LogP contribution is 2.32. The summed E-state index contributed by atoms with van der Waals surface area (Å²) in [6.07, 6.45) is 0. The third-order valence-corrected chi connectivity index (χ3v) is 6.73. The number of aromatic nitrogens is 2. The molecule has 0 spiro atoms. The summed E-state index contributed by atoms with van der Waals surface area (Å²) in [6.45, 7) is 5.32. The maximum absolute atomic E-state index is 12.7. The summed E-state index contributed by atoms with van der Waals surface area (Å²) >= 11 is 7.59. The van der Waals surface area contributed by atoms with E-state index in [9.17, 15) is 4.79 Å². The molecule has 3 heterocycles. The molecule has 0 saturated carbocycles. The van der Waals surface area contributed by atoms with E-state index in [0.29, 0.717) is 10.6 Å². The SMILES string of the molecule is Cc1ccc(-c2csc3c(=O)[nH]c(N4CCN(c5cccc(Cl)c5)CC4)nc23)cc1. The number of thiophene rings is 1. The Morgan fingerprint density at radius 1 is 1.03 bits per heavy atom. The molecule has 152 valence electrons. The molecule has 5 rings (SSSR count). The van der Waals surface area contributed by atoms with E-state index in [1.165, 1.54) is 16.9 Å². The van der Waals surface area contributed by atoms with Crippen LogP contribution < -0.4 is 15.4 Å². The second-order valence-electron chi connectivity index (χ2n) is 7.54. The van der Waals surface area contributed by atoms with Gasteiger partial charge >= 0.3 is 0 Å². The zero-order chi connectivity index (χ0) is 20.7. The number of fused-ring (bicyclic) bond motifs is 1. The van der Waals surface area contributed by atoms with Crippen molar-refractivity contribution in [3.05, 3.63) is 74.9 Å². The van der Waals surface area contributed by atoms with Crippen LogP contribution in [0, 0.1) is 6.92 Å². The van der Waals surface area contributed by atoms with Gasteiger partial charge in [0.2, 0.25) is 5.95 Å². The Kier molecular flexibility index (Phi) is 4.97. The average molecular weight is 437 g/mol. The molecule has 4 aromatic rings. The smallest absolute Gasteiger partial charge is 0.270 e. The number of rotatable bonds is 3. The van der Waals surface area contributed by atoms with Crippen LogP contribution >= 0.6 is 22.9 Å². The van der Waals surface area contributed by atoms with Gasteiger partial charge in [0.05, 0.1) is 5.52 Å². The number of benzene rings is 2. The number of hydrogen-bond acceptors (Lipinski definition) is 5. The highest BCUT2D eigenvalue weighted by molar-refractivity contribution is 7.17. The van der Waals surface area contributed by atoms with E-state index in [1.54, 1.807) is 0 Å². The van der Waals surface area contributed by atoms with Gasteiger partial charge in [-0.3, -0.25) is 9.78 Å². The highest BCUT2D eigenvalue weighted by Gasteiger charge is 2.21. The van der Waals surface area contributed by atoms with Gasteiger partial charge in [0.1, 0.15) is 4.70 Å². The van der Waals surface area contributed by atoms with E-state index < -0.39 is 0 Å². The lowest BCUT2D eigenvalue weighted by atomic mass is 10.1. The first-order valence-electron chi connectivity index (χ1n) is 9.92. The summed E-state index contributed by atoms with van der Waals surface area (Å²) in [5.41, 5.74) is 5.14. The lowest BCUT2D eigenvalue weighted by Crippen LogP contribution is -2.47. The van der Waals surface area contributed by atoms with Crippen molar-refractivity contribution in [2.45, 2.75) is 6.92 Å². The van der Waals surface area contributed by atoms with Crippen LogP contribution in [0.25, 0.3) is 21.3 Å². The van der Waals surface area contributed by atoms with Gasteiger partial charge in [-0.1, -0.05) is 47.5 Å². The van der Waals surface area contributed by atoms with Crippen LogP contribution in [0.5, 0.6) is 0 Å². The fourth-order valence-electron chi connectivity index (χ4n) is 3.85. The molecule has 0 atom stereocenters. The molecule has 7 heteroatoms. The number of anilines is 2. The van der Waals surface area contributed by atoms with E-state index >= 15 is 0 Å². The van der Waals surface area contributed by atoms with Gasteiger partial charge < -0.3 is 9.80 Å². The molecule has 2 aromatic carbocycles. The van der Waals surface area contributed by atoms with Gasteiger partial charge in [-0.25, -0.2) is 4.98 Å². The molecule has 1 aliphatic rings. The summed E-state index contributed by atoms with van der Waals surface area (Å²) < 4.78 is 0.673. The molecule has 0 radical (unpaired) electrons. The Morgan fingerprint density at radius 3 is 2.50 bits per heavy atom. The van der Waals surface area contributed by atoms with Crippen molar-refractivity contribution in [1.29, 1.82) is 0 Å². The number of aromatic amines is 1. The van der Waals surface area contributed by atoms with Gasteiger partial charge in [-0.05, 0) is 30.7 Å². The Labute approximate surface area is 183 Å². The second kappa shape index (κ2) is 7.78. The summed E-state index contributed by atoms with van der Waals surface area (Å²) in [4.78, 5) is 25.0. The number of nitrogens with zero attached hydrogens (tertiary/aromatic N) is 3. The molecule has 0 aliphatic carbocycles. The number of halogens is 1. The van der Waals surface area contributed by atoms with Crippen molar-refractivity contribution < 1.29 is 0 Å². The Morgan fingerprint density at radius 2 is 1.77 bits per heavy atom. The van der Waals surface area contributed by atoms with E-state index in [0.717, 1.165) is 53.5 Å². The lowest BCUT2D eigenvalue weighted by Gasteiger charge is -2.36. The minimum absolute atomic E-state index is 0.0735. The molecular weight excluding hydrogens is 416 g/mol. The number of H-pyrrole nitrogens is 1. The summed E-state index contributed by atoms with van der Waals surface area (Å²) in [7, 11) is 0. The number of hydrogen-bond donors (Lipinski definition) is 1. The molecule has 1 fully saturated rings. The summed E-state index contributed by atoms with van der Waals surface area (Å²) in [5.74, 6) is 0.644. The second-order valence-corrected chi connectivity index (χ2v) is 8.85. The van der Waals surface area contributed by atoms with E-state index in [1.807, 2.05) is 23.6 Å². The van der Waals surface area contributed by atoms with Crippen molar-refractivity contribution in [3.63, 3.8) is 0 Å². The first-order chi connectivity index (χ1) is 14.6. The van der Waals surface area contributed by atoms with Crippen LogP contribution in [0.4, 0.5) is 11.6 Å². The Hall–Kier alpha value is -2.83. The Bertz CT molecular complexity index is 1260. The standard InChI is InChI=1S/C23H21ClN4OS/c1-15-5-7-16(8-6-15)19-14-30-21-20(19)25-23(26-22(21)29)28-11-9-27(10-12-28)18-4-2-3-17(24)13-18/h2-8,13-14H,9-12H2,1H3,(H,25,26,29). The van der Waals surface area contributed by atoms with Crippen molar-refractivity contribution in [2.75, 3.05) is 36.0 Å². The minimum Gasteiger partial charge on any atom is -0.368 e. The quantitative estimate of drug-likeness (QED) is 0.494. The topological polar surface area (TPSA) is 52.2 Å². The fourth-order valence-corrected chi connectivity index (χ4v) is 4.95. The number of aryl methyl sites for hydroxylation is 1. The molecule has 2 aromatic heterocycles. The fraction of sp³-hybridized carbons (Fsp3) is 0.217. The maximum atomic E-state index is 12.7. The largest absolute Gasteiger partial charge is 0.368 e. The van der Waals surface area contributed by atoms with Crippen molar-refractivity contribution in [2.24, 2.45) is 0 Å². The van der Waals surface area contributed by atoms with E-state index in [-0.39, 0.29) is 5.56 Å². The molecule has 0 unspecified atom stereocenters. The molecule has 1 saturated heterocycles. The summed E-state index contributed by atoms with van der Waals surface area (Å²) in [5, 5.41) is 2.77. The van der Waals surface area contributed by atoms with Crippen LogP contribution in [-0.2, 0) is 0 Å². The third kappa shape index (κ3) is 3.57. The van der Waals surface area contributed by atoms with Crippen LogP contribution in [0.2, 0.25) is 5.02 Å². The summed E-state index contributed by atoms with van der Waals surface area (Å²) in [6, 6.07) is 16.3. The first-order valence-corrected chi connectivity index (χ1v) is 11.2. The van der Waals surface area contributed by atoms with E-state index in [2.05, 4.69) is 52.0 Å². The van der Waals surface area contributed by atoms with Crippen LogP contribution in [0.1, 0.15) is 5.56 Å². The monoisotopic (exact) mass is 436 g/mol. The average Bonchev–Trinajstić information content (AvgIpc) is 3.19. The van der Waals surface area contributed by atoms with Gasteiger partial charge in [-0.15, -0.1) is 11.3 Å². The predicted molar refractivity (Wildman–Crippen MR) is 126 cm³/mol. The van der Waals surface area contributed by atoms with Crippen molar-refractivity contribution in [1.82, 2.24) is 9.97 Å². The van der Waals surface area contributed by atoms with Crippen LogP contribution in [0.15, 0.2) is 58.7 Å². The Balaban J connectivity index is 1.43. The van der Waals surface area contributed by atoms with Gasteiger partial charge in [0.15, 0.2) is 0 Å². The van der Waals surface area contributed by atoms with Crippen molar-refractivity contribution in [3.8, 4) is 11.1 Å². The highest BCUT2D eigenvalue weighted by atomic mass is 35.5. The maximum Gasteiger partial charge on any atom is 0.270 e. The lowest BCUT2D eigenvalue weighted by molar-refractivity contribution is 0.640. The number of piperazine rings is 1. The molecule has 0 amide bonds. The zero-order valence-corrected chi connectivity index (χ0v) is 18.1. The first kappa shape index (κ1) is 19.2. The predicted octanol–water partition coefficient (Wildman–Crippen LogP) is 4.94. The molecule has 1 N–H and O–H groups in total. The molecule has 1 aliphatic heterocycles. The number of nitrogens with one attached hydrogen (secondary N) is 1. The van der Waals surface area contributed by atoms with Crippen LogP contribution in [-0.4, -0.2) is 36.1 Å².